The highest BCUT2D eigenvalue weighted by Gasteiger charge is 2.48. The van der Waals surface area contributed by atoms with Crippen LogP contribution >= 0.6 is 0 Å². The molecule has 0 spiro atoms. The number of rotatable bonds is 12. The van der Waals surface area contributed by atoms with Crippen molar-refractivity contribution < 1.29 is 9.59 Å². The molecular weight excluding hydrogens is 392 g/mol. The third-order valence-electron chi connectivity index (χ3n) is 7.41. The molecule has 2 atom stereocenters. The van der Waals surface area contributed by atoms with Crippen LogP contribution in [-0.2, 0) is 0 Å². The van der Waals surface area contributed by atoms with Crippen LogP contribution in [0.25, 0.3) is 0 Å². The Morgan fingerprint density at radius 2 is 0.906 bits per heavy atom. The zero-order chi connectivity index (χ0) is 23.1. The molecule has 32 heavy (non-hydrogen) atoms. The summed E-state index contributed by atoms with van der Waals surface area (Å²) >= 11 is 0. The molecule has 2 aliphatic carbocycles. The van der Waals surface area contributed by atoms with E-state index >= 15 is 0 Å². The highest BCUT2D eigenvalue weighted by Crippen LogP contribution is 2.50. The molecule has 2 nitrogen and oxygen atoms in total. The third kappa shape index (κ3) is 4.85. The molecule has 3 rings (SSSR count). The Kier molecular flexibility index (Phi) is 9.08. The van der Waals surface area contributed by atoms with Gasteiger partial charge in [0.15, 0.2) is 11.6 Å². The van der Waals surface area contributed by atoms with Gasteiger partial charge in [-0.15, -0.1) is 0 Å². The summed E-state index contributed by atoms with van der Waals surface area (Å²) in [4.78, 5) is 27.8. The van der Waals surface area contributed by atoms with Gasteiger partial charge in [0.05, 0.1) is 11.8 Å². The maximum Gasteiger partial charge on any atom is 0.171 e. The fraction of sp³-hybridized carbons (Fsp3) is 0.600. The van der Waals surface area contributed by atoms with Crippen molar-refractivity contribution >= 4 is 11.6 Å². The molecule has 0 N–H and O–H groups in total. The number of carbonyl (C=O) groups is 2. The largest absolute Gasteiger partial charge is 0.293 e. The molecule has 1 aromatic carbocycles. The van der Waals surface area contributed by atoms with Gasteiger partial charge >= 0.3 is 0 Å². The van der Waals surface area contributed by atoms with Crippen LogP contribution in [0.2, 0.25) is 0 Å². The molecule has 0 amide bonds. The summed E-state index contributed by atoms with van der Waals surface area (Å²) in [6.07, 6.45) is 13.0. The Hall–Kier alpha value is -1.96. The number of unbranched alkanes of at least 4 members (excludes halogenated alkanes) is 4. The van der Waals surface area contributed by atoms with E-state index in [1.54, 1.807) is 0 Å². The fourth-order valence-electron chi connectivity index (χ4n) is 5.71. The zero-order valence-corrected chi connectivity index (χ0v) is 20.8. The number of Topliss-reactive ketones (excluding diaryl/α,β-unsaturated/α-hetero) is 2. The number of fused-ring (bicyclic) bond motifs is 2. The standard InChI is InChI=1S/C30H42O2/c1-5-9-15-21-22(16-10-6-2)24(18-12-8-4)28-27(23(21)17-11-7-3)29(31)25-19-13-14-20-26(25)30(28)32/h13-14,19-20,27-28H,5-12,15-18H2,1-4H3. The van der Waals surface area contributed by atoms with E-state index in [1.165, 1.54) is 22.3 Å². The second kappa shape index (κ2) is 11.8. The lowest BCUT2D eigenvalue weighted by Gasteiger charge is -2.41. The first kappa shape index (κ1) is 24.7. The summed E-state index contributed by atoms with van der Waals surface area (Å²) in [6, 6.07) is 7.55. The normalized spacial score (nSPS) is 20.6. The summed E-state index contributed by atoms with van der Waals surface area (Å²) in [7, 11) is 0. The van der Waals surface area contributed by atoms with Crippen LogP contribution in [0.15, 0.2) is 46.6 Å². The van der Waals surface area contributed by atoms with Crippen LogP contribution in [-0.4, -0.2) is 11.6 Å². The molecule has 0 aliphatic heterocycles. The van der Waals surface area contributed by atoms with Crippen molar-refractivity contribution in [3.63, 3.8) is 0 Å². The van der Waals surface area contributed by atoms with E-state index in [0.717, 1.165) is 77.0 Å². The number of hydrogen-bond acceptors (Lipinski definition) is 2. The van der Waals surface area contributed by atoms with E-state index in [1.807, 2.05) is 24.3 Å². The van der Waals surface area contributed by atoms with E-state index in [4.69, 9.17) is 0 Å². The van der Waals surface area contributed by atoms with Gasteiger partial charge in [-0.05, 0) is 62.5 Å². The van der Waals surface area contributed by atoms with Crippen molar-refractivity contribution in [3.05, 3.63) is 57.7 Å². The van der Waals surface area contributed by atoms with Crippen LogP contribution < -0.4 is 0 Å². The van der Waals surface area contributed by atoms with Gasteiger partial charge in [0, 0.05) is 11.1 Å². The maximum absolute atomic E-state index is 13.9. The average molecular weight is 435 g/mol. The van der Waals surface area contributed by atoms with Crippen molar-refractivity contribution in [2.24, 2.45) is 11.8 Å². The van der Waals surface area contributed by atoms with E-state index in [2.05, 4.69) is 27.7 Å². The lowest BCUT2D eigenvalue weighted by atomic mass is 9.60. The molecule has 174 valence electrons. The predicted octanol–water partition coefficient (Wildman–Crippen LogP) is 8.67. The number of allylic oxidation sites excluding steroid dienone is 4. The Labute approximate surface area is 195 Å². The summed E-state index contributed by atoms with van der Waals surface area (Å²) in [5.74, 6) is -0.163. The molecule has 2 unspecified atom stereocenters. The molecular formula is C30H42O2. The topological polar surface area (TPSA) is 34.1 Å². The van der Waals surface area contributed by atoms with Gasteiger partial charge in [0.1, 0.15) is 0 Å². The Morgan fingerprint density at radius 1 is 0.562 bits per heavy atom. The number of benzene rings is 1. The Bertz CT molecular complexity index is 813. The molecule has 1 aromatic rings. The first-order valence-corrected chi connectivity index (χ1v) is 13.2. The second-order valence-corrected chi connectivity index (χ2v) is 9.65. The van der Waals surface area contributed by atoms with Gasteiger partial charge in [-0.1, -0.05) is 88.8 Å². The van der Waals surface area contributed by atoms with Crippen LogP contribution in [0.5, 0.6) is 0 Å². The van der Waals surface area contributed by atoms with Crippen LogP contribution in [0.3, 0.4) is 0 Å². The minimum Gasteiger partial charge on any atom is -0.293 e. The molecule has 0 heterocycles. The number of ketones is 2. The Balaban J connectivity index is 2.25. The molecule has 2 heteroatoms. The molecule has 0 aromatic heterocycles. The van der Waals surface area contributed by atoms with Crippen molar-refractivity contribution in [3.8, 4) is 0 Å². The monoisotopic (exact) mass is 434 g/mol. The summed E-state index contributed by atoms with van der Waals surface area (Å²) in [5.41, 5.74) is 6.83. The lowest BCUT2D eigenvalue weighted by Crippen LogP contribution is -2.42. The first-order chi connectivity index (χ1) is 15.6. The van der Waals surface area contributed by atoms with E-state index in [-0.39, 0.29) is 23.4 Å². The van der Waals surface area contributed by atoms with Gasteiger partial charge in [-0.25, -0.2) is 0 Å². The van der Waals surface area contributed by atoms with Crippen molar-refractivity contribution in [2.75, 3.05) is 0 Å². The minimum atomic E-state index is -0.270. The predicted molar refractivity (Wildman–Crippen MR) is 134 cm³/mol. The van der Waals surface area contributed by atoms with Crippen LogP contribution in [0, 0.1) is 11.8 Å². The summed E-state index contributed by atoms with van der Waals surface area (Å²) < 4.78 is 0. The van der Waals surface area contributed by atoms with Crippen molar-refractivity contribution in [1.29, 1.82) is 0 Å². The maximum atomic E-state index is 13.9. The van der Waals surface area contributed by atoms with Gasteiger partial charge in [0.25, 0.3) is 0 Å². The molecule has 0 saturated carbocycles. The quantitative estimate of drug-likeness (QED) is 0.330. The summed E-state index contributed by atoms with van der Waals surface area (Å²) in [5, 5.41) is 0. The van der Waals surface area contributed by atoms with Crippen molar-refractivity contribution in [1.82, 2.24) is 0 Å². The SMILES string of the molecule is CCCCC1=C(CCCC)C2C(=O)c3ccccc3C(=O)C2C(CCCC)=C1CCCC. The van der Waals surface area contributed by atoms with Crippen molar-refractivity contribution in [2.45, 2.75) is 105 Å². The minimum absolute atomic E-state index is 0.189. The van der Waals surface area contributed by atoms with E-state index < -0.39 is 0 Å². The van der Waals surface area contributed by atoms with Gasteiger partial charge < -0.3 is 0 Å². The highest BCUT2D eigenvalue weighted by atomic mass is 16.1. The number of hydrogen-bond donors (Lipinski definition) is 0. The molecule has 0 radical (unpaired) electrons. The Morgan fingerprint density at radius 3 is 1.25 bits per heavy atom. The van der Waals surface area contributed by atoms with Gasteiger partial charge in [-0.3, -0.25) is 9.59 Å². The highest BCUT2D eigenvalue weighted by molar-refractivity contribution is 6.18. The lowest BCUT2D eigenvalue weighted by molar-refractivity contribution is 0.0777. The second-order valence-electron chi connectivity index (χ2n) is 9.65. The van der Waals surface area contributed by atoms with Crippen LogP contribution in [0.1, 0.15) is 125 Å². The van der Waals surface area contributed by atoms with Gasteiger partial charge in [0.2, 0.25) is 0 Å². The van der Waals surface area contributed by atoms with Crippen LogP contribution in [0.4, 0.5) is 0 Å². The molecule has 2 aliphatic rings. The first-order valence-electron chi connectivity index (χ1n) is 13.2. The fourth-order valence-corrected chi connectivity index (χ4v) is 5.71. The average Bonchev–Trinajstić information content (AvgIpc) is 2.82. The number of carbonyl (C=O) groups excluding carboxylic acids is 2. The smallest absolute Gasteiger partial charge is 0.171 e. The summed E-state index contributed by atoms with van der Waals surface area (Å²) in [6.45, 7) is 8.93. The molecule has 0 saturated heterocycles. The van der Waals surface area contributed by atoms with E-state index in [9.17, 15) is 9.59 Å². The molecule has 0 fully saturated rings. The zero-order valence-electron chi connectivity index (χ0n) is 20.8. The molecule has 0 bridgehead atoms. The van der Waals surface area contributed by atoms with Gasteiger partial charge in [-0.2, -0.15) is 0 Å². The third-order valence-corrected chi connectivity index (χ3v) is 7.41. The van der Waals surface area contributed by atoms with E-state index in [0.29, 0.717) is 11.1 Å².